The molecule has 92 valence electrons. The van der Waals surface area contributed by atoms with E-state index < -0.39 is 0 Å². The van der Waals surface area contributed by atoms with Crippen LogP contribution in [0, 0.1) is 0 Å². The number of fused-ring (bicyclic) bond motifs is 2. The minimum absolute atomic E-state index is 0.661. The van der Waals surface area contributed by atoms with Crippen molar-refractivity contribution >= 4 is 22.2 Å². The van der Waals surface area contributed by atoms with Gasteiger partial charge in [0.25, 0.3) is 11.0 Å². The first-order chi connectivity index (χ1) is 9.42. The molecule has 4 aromatic rings. The highest BCUT2D eigenvalue weighted by atomic mass is 16.3. The van der Waals surface area contributed by atoms with E-state index in [2.05, 4.69) is 9.13 Å². The van der Waals surface area contributed by atoms with Gasteiger partial charge >= 0.3 is 19.5 Å². The molecular formula is C15H12N2O2+2. The standard InChI is InChI=1S/C15H12N2O2/c1-3-7-14-12(5-1)16(10-18-14)9-17-11-19-15-8-4-2-6-13(15)17/h1-8,10-11H,9H2/q+2. The lowest BCUT2D eigenvalue weighted by Gasteiger charge is -1.87. The van der Waals surface area contributed by atoms with Gasteiger partial charge < -0.3 is 8.83 Å². The maximum atomic E-state index is 5.53. The summed E-state index contributed by atoms with van der Waals surface area (Å²) in [6.45, 7) is 0.661. The second-order valence-corrected chi connectivity index (χ2v) is 4.46. The van der Waals surface area contributed by atoms with Crippen LogP contribution in [0.2, 0.25) is 0 Å². The number of rotatable bonds is 2. The molecule has 0 aliphatic heterocycles. The van der Waals surface area contributed by atoms with Crippen LogP contribution in [-0.2, 0) is 6.67 Å². The SMILES string of the molecule is c1ccc2c(c1)oc[n+]2C[n+]1coc2ccccc21. The van der Waals surface area contributed by atoms with Crippen LogP contribution in [0.15, 0.2) is 70.2 Å². The van der Waals surface area contributed by atoms with Crippen LogP contribution in [0.3, 0.4) is 0 Å². The van der Waals surface area contributed by atoms with Crippen LogP contribution >= 0.6 is 0 Å². The highest BCUT2D eigenvalue weighted by Crippen LogP contribution is 2.10. The van der Waals surface area contributed by atoms with Gasteiger partial charge in [0.15, 0.2) is 0 Å². The maximum absolute atomic E-state index is 5.53. The van der Waals surface area contributed by atoms with E-state index in [0.717, 1.165) is 22.2 Å². The molecule has 2 heterocycles. The molecule has 0 bridgehead atoms. The average Bonchev–Trinajstić information content (AvgIpc) is 3.05. The fourth-order valence-electron chi connectivity index (χ4n) is 2.33. The zero-order valence-corrected chi connectivity index (χ0v) is 10.2. The summed E-state index contributed by atoms with van der Waals surface area (Å²) in [5.41, 5.74) is 3.91. The Morgan fingerprint density at radius 3 is 1.68 bits per heavy atom. The smallest absolute Gasteiger partial charge is 0.350 e. The van der Waals surface area contributed by atoms with Crippen molar-refractivity contribution in [1.29, 1.82) is 0 Å². The molecule has 0 saturated carbocycles. The van der Waals surface area contributed by atoms with Gasteiger partial charge in [0.1, 0.15) is 0 Å². The van der Waals surface area contributed by atoms with Gasteiger partial charge in [0.2, 0.25) is 11.2 Å². The molecule has 19 heavy (non-hydrogen) atoms. The predicted molar refractivity (Wildman–Crippen MR) is 68.2 cm³/mol. The molecule has 0 atom stereocenters. The number of aromatic nitrogens is 2. The predicted octanol–water partition coefficient (Wildman–Crippen LogP) is 2.26. The van der Waals surface area contributed by atoms with Gasteiger partial charge in [0, 0.05) is 12.1 Å². The van der Waals surface area contributed by atoms with Crippen LogP contribution < -0.4 is 9.13 Å². The molecule has 4 heteroatoms. The van der Waals surface area contributed by atoms with Crippen molar-refractivity contribution in [3.05, 3.63) is 61.3 Å². The van der Waals surface area contributed by atoms with Gasteiger partial charge in [-0.25, -0.2) is 0 Å². The summed E-state index contributed by atoms with van der Waals surface area (Å²) in [6, 6.07) is 16.0. The first kappa shape index (κ1) is 10.3. The quantitative estimate of drug-likeness (QED) is 0.513. The van der Waals surface area contributed by atoms with Gasteiger partial charge in [-0.1, -0.05) is 24.3 Å². The number of hydrogen-bond donors (Lipinski definition) is 0. The molecule has 4 rings (SSSR count). The molecule has 0 radical (unpaired) electrons. The number of hydrogen-bond acceptors (Lipinski definition) is 2. The van der Waals surface area contributed by atoms with Crippen molar-refractivity contribution in [1.82, 2.24) is 0 Å². The number of para-hydroxylation sites is 4. The summed E-state index contributed by atoms with van der Waals surface area (Å²) in [5.74, 6) is 0. The molecule has 2 aromatic carbocycles. The minimum atomic E-state index is 0.661. The summed E-state index contributed by atoms with van der Waals surface area (Å²) in [5, 5.41) is 0. The van der Waals surface area contributed by atoms with Gasteiger partial charge in [-0.15, -0.1) is 9.13 Å². The highest BCUT2D eigenvalue weighted by molar-refractivity contribution is 5.68. The molecule has 0 amide bonds. The lowest BCUT2D eigenvalue weighted by atomic mass is 10.3. The van der Waals surface area contributed by atoms with Crippen molar-refractivity contribution in [3.63, 3.8) is 0 Å². The summed E-state index contributed by atoms with van der Waals surface area (Å²) in [7, 11) is 0. The second kappa shape index (κ2) is 3.95. The minimum Gasteiger partial charge on any atom is -0.403 e. The first-order valence-corrected chi connectivity index (χ1v) is 6.13. The third-order valence-electron chi connectivity index (χ3n) is 3.27. The van der Waals surface area contributed by atoms with Crippen molar-refractivity contribution in [3.8, 4) is 0 Å². The largest absolute Gasteiger partial charge is 0.403 e. The van der Waals surface area contributed by atoms with Crippen LogP contribution in [0.25, 0.3) is 22.2 Å². The molecule has 0 aliphatic rings. The normalized spacial score (nSPS) is 11.4. The average molecular weight is 252 g/mol. The van der Waals surface area contributed by atoms with Crippen molar-refractivity contribution in [2.24, 2.45) is 0 Å². The summed E-state index contributed by atoms with van der Waals surface area (Å²) < 4.78 is 15.2. The monoisotopic (exact) mass is 252 g/mol. The second-order valence-electron chi connectivity index (χ2n) is 4.46. The van der Waals surface area contributed by atoms with E-state index in [1.54, 1.807) is 12.8 Å². The third-order valence-corrected chi connectivity index (χ3v) is 3.27. The summed E-state index contributed by atoms with van der Waals surface area (Å²) in [6.07, 6.45) is 3.47. The van der Waals surface area contributed by atoms with Crippen LogP contribution in [0.1, 0.15) is 0 Å². The molecule has 0 aliphatic carbocycles. The first-order valence-electron chi connectivity index (χ1n) is 6.13. The van der Waals surface area contributed by atoms with E-state index in [1.807, 2.05) is 48.5 Å². The van der Waals surface area contributed by atoms with Gasteiger partial charge in [0.05, 0.1) is 0 Å². The van der Waals surface area contributed by atoms with Gasteiger partial charge in [-0.05, 0) is 12.1 Å². The topological polar surface area (TPSA) is 34.0 Å². The lowest BCUT2D eigenvalue weighted by Crippen LogP contribution is -2.50. The Bertz CT molecular complexity index is 788. The number of nitrogens with zero attached hydrogens (tertiary/aromatic N) is 2. The van der Waals surface area contributed by atoms with E-state index in [1.165, 1.54) is 0 Å². The van der Waals surface area contributed by atoms with Crippen molar-refractivity contribution < 1.29 is 18.0 Å². The maximum Gasteiger partial charge on any atom is 0.350 e. The van der Waals surface area contributed by atoms with E-state index >= 15 is 0 Å². The molecule has 4 nitrogen and oxygen atoms in total. The van der Waals surface area contributed by atoms with Crippen molar-refractivity contribution in [2.45, 2.75) is 6.67 Å². The molecule has 0 saturated heterocycles. The van der Waals surface area contributed by atoms with E-state index in [-0.39, 0.29) is 0 Å². The molecule has 0 fully saturated rings. The number of oxazole rings is 2. The van der Waals surface area contributed by atoms with E-state index in [4.69, 9.17) is 8.83 Å². The molecule has 2 aromatic heterocycles. The lowest BCUT2D eigenvalue weighted by molar-refractivity contribution is -0.893. The Labute approximate surface area is 109 Å². The van der Waals surface area contributed by atoms with E-state index in [0.29, 0.717) is 6.67 Å². The Morgan fingerprint density at radius 1 is 0.684 bits per heavy atom. The molecule has 0 spiro atoms. The van der Waals surface area contributed by atoms with Crippen LogP contribution in [-0.4, -0.2) is 0 Å². The Morgan fingerprint density at radius 2 is 1.16 bits per heavy atom. The fourth-order valence-corrected chi connectivity index (χ4v) is 2.33. The highest BCUT2D eigenvalue weighted by Gasteiger charge is 2.20. The Kier molecular flexibility index (Phi) is 2.14. The molecule has 0 N–H and O–H groups in total. The number of benzene rings is 2. The van der Waals surface area contributed by atoms with Gasteiger partial charge in [-0.2, -0.15) is 0 Å². The molecular weight excluding hydrogens is 240 g/mol. The van der Waals surface area contributed by atoms with Crippen molar-refractivity contribution in [2.75, 3.05) is 0 Å². The molecule has 0 unspecified atom stereocenters. The Balaban J connectivity index is 1.82. The van der Waals surface area contributed by atoms with E-state index in [9.17, 15) is 0 Å². The zero-order chi connectivity index (χ0) is 12.7. The fraction of sp³-hybridized carbons (Fsp3) is 0.0667. The van der Waals surface area contributed by atoms with Crippen LogP contribution in [0.4, 0.5) is 0 Å². The van der Waals surface area contributed by atoms with Crippen LogP contribution in [0.5, 0.6) is 0 Å². The summed E-state index contributed by atoms with van der Waals surface area (Å²) in [4.78, 5) is 0. The third kappa shape index (κ3) is 1.61. The summed E-state index contributed by atoms with van der Waals surface area (Å²) >= 11 is 0. The van der Waals surface area contributed by atoms with Gasteiger partial charge in [-0.3, -0.25) is 0 Å². The zero-order valence-electron chi connectivity index (χ0n) is 10.2. The Hall–Kier alpha value is -2.62.